The van der Waals surface area contributed by atoms with E-state index in [1.165, 1.54) is 12.0 Å². The fourth-order valence-electron chi connectivity index (χ4n) is 2.85. The van der Waals surface area contributed by atoms with Gasteiger partial charge in [-0.05, 0) is 43.5 Å². The van der Waals surface area contributed by atoms with Gasteiger partial charge in [0.1, 0.15) is 12.2 Å². The second-order valence-corrected chi connectivity index (χ2v) is 5.85. The number of likely N-dealkylation sites (tertiary alicyclic amines) is 1. The van der Waals surface area contributed by atoms with Crippen LogP contribution in [0.5, 0.6) is 0 Å². The molecule has 5 heteroatoms. The fraction of sp³-hybridized carbons (Fsp3) is 0.467. The number of hydrogen-bond acceptors (Lipinski definition) is 3. The Morgan fingerprint density at radius 1 is 1.35 bits per heavy atom. The first-order valence-corrected chi connectivity index (χ1v) is 7.42. The molecule has 2 heterocycles. The number of aryl methyl sites for hydroxylation is 1. The Morgan fingerprint density at radius 3 is 3.00 bits per heavy atom. The third kappa shape index (κ3) is 3.02. The molecule has 0 radical (unpaired) electrons. The van der Waals surface area contributed by atoms with E-state index in [9.17, 15) is 0 Å². The highest BCUT2D eigenvalue weighted by Crippen LogP contribution is 2.28. The SMILES string of the molecule is Cc1nncn1CCN1CCC(c2cccc(Cl)c2)C1. The Balaban J connectivity index is 1.56. The van der Waals surface area contributed by atoms with Gasteiger partial charge in [0, 0.05) is 24.7 Å². The molecule has 1 unspecified atom stereocenters. The third-order valence-corrected chi connectivity index (χ3v) is 4.29. The molecular formula is C15H19ClN4. The Kier molecular flexibility index (Phi) is 4.03. The first-order valence-electron chi connectivity index (χ1n) is 7.04. The lowest BCUT2D eigenvalue weighted by Crippen LogP contribution is -2.25. The van der Waals surface area contributed by atoms with Crippen LogP contribution >= 0.6 is 11.6 Å². The van der Waals surface area contributed by atoms with E-state index in [-0.39, 0.29) is 0 Å². The number of nitrogens with zero attached hydrogens (tertiary/aromatic N) is 4. The van der Waals surface area contributed by atoms with Crippen LogP contribution < -0.4 is 0 Å². The molecule has 0 spiro atoms. The van der Waals surface area contributed by atoms with Crippen LogP contribution in [-0.2, 0) is 6.54 Å². The summed E-state index contributed by atoms with van der Waals surface area (Å²) in [5.74, 6) is 1.59. The molecular weight excluding hydrogens is 272 g/mol. The molecule has 0 aliphatic carbocycles. The summed E-state index contributed by atoms with van der Waals surface area (Å²) in [4.78, 5) is 2.50. The monoisotopic (exact) mass is 290 g/mol. The zero-order valence-corrected chi connectivity index (χ0v) is 12.4. The van der Waals surface area contributed by atoms with E-state index in [2.05, 4.69) is 31.8 Å². The van der Waals surface area contributed by atoms with Crippen LogP contribution in [0.2, 0.25) is 5.02 Å². The standard InChI is InChI=1S/C15H19ClN4/c1-12-18-17-11-20(12)8-7-19-6-5-14(10-19)13-3-2-4-15(16)9-13/h2-4,9,11,14H,5-8,10H2,1H3. The van der Waals surface area contributed by atoms with Crippen LogP contribution in [0, 0.1) is 6.92 Å². The molecule has 3 rings (SSSR count). The van der Waals surface area contributed by atoms with Gasteiger partial charge < -0.3 is 9.47 Å². The van der Waals surface area contributed by atoms with E-state index < -0.39 is 0 Å². The van der Waals surface area contributed by atoms with Gasteiger partial charge >= 0.3 is 0 Å². The van der Waals surface area contributed by atoms with Gasteiger partial charge in [-0.15, -0.1) is 10.2 Å². The third-order valence-electron chi connectivity index (χ3n) is 4.06. The zero-order valence-electron chi connectivity index (χ0n) is 11.7. The van der Waals surface area contributed by atoms with Crippen molar-refractivity contribution in [1.82, 2.24) is 19.7 Å². The topological polar surface area (TPSA) is 34.0 Å². The molecule has 4 nitrogen and oxygen atoms in total. The van der Waals surface area contributed by atoms with Crippen molar-refractivity contribution in [3.05, 3.63) is 47.0 Å². The Hall–Kier alpha value is -1.39. The van der Waals surface area contributed by atoms with Crippen LogP contribution in [0.4, 0.5) is 0 Å². The minimum atomic E-state index is 0.607. The molecule has 1 atom stereocenters. The van der Waals surface area contributed by atoms with E-state index in [0.29, 0.717) is 5.92 Å². The molecule has 1 aromatic carbocycles. The number of benzene rings is 1. The lowest BCUT2D eigenvalue weighted by atomic mass is 9.99. The maximum absolute atomic E-state index is 6.07. The summed E-state index contributed by atoms with van der Waals surface area (Å²) in [6.45, 7) is 6.27. The molecule has 106 valence electrons. The molecule has 1 aliphatic rings. The second kappa shape index (κ2) is 5.94. The van der Waals surface area contributed by atoms with E-state index in [0.717, 1.165) is 37.0 Å². The Morgan fingerprint density at radius 2 is 2.25 bits per heavy atom. The molecule has 0 bridgehead atoms. The quantitative estimate of drug-likeness (QED) is 0.868. The van der Waals surface area contributed by atoms with Gasteiger partial charge in [0.05, 0.1) is 0 Å². The van der Waals surface area contributed by atoms with Gasteiger partial charge in [-0.3, -0.25) is 0 Å². The normalized spacial score (nSPS) is 19.6. The van der Waals surface area contributed by atoms with Crippen LogP contribution in [0.1, 0.15) is 23.7 Å². The second-order valence-electron chi connectivity index (χ2n) is 5.41. The largest absolute Gasteiger partial charge is 0.317 e. The van der Waals surface area contributed by atoms with Gasteiger partial charge in [-0.25, -0.2) is 0 Å². The lowest BCUT2D eigenvalue weighted by molar-refractivity contribution is 0.317. The van der Waals surface area contributed by atoms with Gasteiger partial charge in [0.2, 0.25) is 0 Å². The van der Waals surface area contributed by atoms with E-state index in [1.54, 1.807) is 6.33 Å². The number of halogens is 1. The fourth-order valence-corrected chi connectivity index (χ4v) is 3.05. The molecule has 0 N–H and O–H groups in total. The Bertz CT molecular complexity index is 581. The average Bonchev–Trinajstić information content (AvgIpc) is 3.05. The number of rotatable bonds is 4. The smallest absolute Gasteiger partial charge is 0.129 e. The summed E-state index contributed by atoms with van der Waals surface area (Å²) < 4.78 is 2.10. The summed E-state index contributed by atoms with van der Waals surface area (Å²) in [6.07, 6.45) is 3.02. The Labute approximate surface area is 124 Å². The van der Waals surface area contributed by atoms with Crippen molar-refractivity contribution < 1.29 is 0 Å². The predicted molar refractivity (Wildman–Crippen MR) is 80.0 cm³/mol. The molecule has 1 fully saturated rings. The maximum Gasteiger partial charge on any atom is 0.129 e. The van der Waals surface area contributed by atoms with Crippen molar-refractivity contribution in [2.24, 2.45) is 0 Å². The van der Waals surface area contributed by atoms with Crippen molar-refractivity contribution in [3.63, 3.8) is 0 Å². The van der Waals surface area contributed by atoms with Crippen LogP contribution in [0.25, 0.3) is 0 Å². The van der Waals surface area contributed by atoms with Crippen molar-refractivity contribution >= 4 is 11.6 Å². The first-order chi connectivity index (χ1) is 9.72. The summed E-state index contributed by atoms with van der Waals surface area (Å²) in [5, 5.41) is 8.77. The van der Waals surface area contributed by atoms with Crippen molar-refractivity contribution in [2.45, 2.75) is 25.8 Å². The summed E-state index contributed by atoms with van der Waals surface area (Å²) in [7, 11) is 0. The molecule has 0 amide bonds. The van der Waals surface area contributed by atoms with E-state index in [4.69, 9.17) is 11.6 Å². The maximum atomic E-state index is 6.07. The molecule has 2 aromatic rings. The molecule has 1 aliphatic heterocycles. The number of aromatic nitrogens is 3. The first kappa shape index (κ1) is 13.6. The molecule has 1 saturated heterocycles. The summed E-state index contributed by atoms with van der Waals surface area (Å²) in [6, 6.07) is 8.26. The molecule has 1 aromatic heterocycles. The highest BCUT2D eigenvalue weighted by Gasteiger charge is 2.23. The molecule has 0 saturated carbocycles. The van der Waals surface area contributed by atoms with Crippen LogP contribution in [-0.4, -0.2) is 39.3 Å². The van der Waals surface area contributed by atoms with Gasteiger partial charge in [0.25, 0.3) is 0 Å². The lowest BCUT2D eigenvalue weighted by Gasteiger charge is -2.16. The van der Waals surface area contributed by atoms with Crippen LogP contribution in [0.3, 0.4) is 0 Å². The van der Waals surface area contributed by atoms with Gasteiger partial charge in [-0.1, -0.05) is 23.7 Å². The highest BCUT2D eigenvalue weighted by atomic mass is 35.5. The zero-order chi connectivity index (χ0) is 13.9. The van der Waals surface area contributed by atoms with Crippen LogP contribution in [0.15, 0.2) is 30.6 Å². The predicted octanol–water partition coefficient (Wildman–Crippen LogP) is 2.73. The molecule has 20 heavy (non-hydrogen) atoms. The number of hydrogen-bond donors (Lipinski definition) is 0. The summed E-state index contributed by atoms with van der Waals surface area (Å²) >= 11 is 6.07. The van der Waals surface area contributed by atoms with Crippen molar-refractivity contribution in [3.8, 4) is 0 Å². The van der Waals surface area contributed by atoms with Gasteiger partial charge in [-0.2, -0.15) is 0 Å². The van der Waals surface area contributed by atoms with Crippen molar-refractivity contribution in [2.75, 3.05) is 19.6 Å². The van der Waals surface area contributed by atoms with E-state index >= 15 is 0 Å². The minimum absolute atomic E-state index is 0.607. The van der Waals surface area contributed by atoms with E-state index in [1.807, 2.05) is 19.1 Å². The average molecular weight is 291 g/mol. The van der Waals surface area contributed by atoms with Gasteiger partial charge in [0.15, 0.2) is 0 Å². The highest BCUT2D eigenvalue weighted by molar-refractivity contribution is 6.30. The summed E-state index contributed by atoms with van der Waals surface area (Å²) in [5.41, 5.74) is 1.36. The van der Waals surface area contributed by atoms with Crippen molar-refractivity contribution in [1.29, 1.82) is 0 Å². The minimum Gasteiger partial charge on any atom is -0.317 e.